The number of carbonyl (C=O) groups is 2. The zero-order valence-electron chi connectivity index (χ0n) is 13.3. The number of nitrogens with zero attached hydrogens (tertiary/aromatic N) is 2. The van der Waals surface area contributed by atoms with Crippen LogP contribution in [0.1, 0.15) is 15.2 Å². The summed E-state index contributed by atoms with van der Waals surface area (Å²) in [4.78, 5) is 25.1. The number of nitrogens with one attached hydrogen (secondary N) is 2. The first-order valence-corrected chi connectivity index (χ1v) is 10.5. The molecule has 0 aliphatic rings. The number of thiophene rings is 1. The lowest BCUT2D eigenvalue weighted by atomic mass is 10.2. The van der Waals surface area contributed by atoms with Crippen LogP contribution in [0.4, 0.5) is 5.13 Å². The topological polar surface area (TPSA) is 84.0 Å². The molecule has 2 N–H and O–H groups in total. The third-order valence-electron chi connectivity index (χ3n) is 3.08. The molecular weight excluding hydrogens is 412 g/mol. The number of aromatic nitrogens is 2. The number of hydrogen-bond acceptors (Lipinski definition) is 7. The number of anilines is 1. The largest absolute Gasteiger partial charge is 0.350 e. The Hall–Kier alpha value is -1.94. The molecule has 2 heterocycles. The van der Waals surface area contributed by atoms with E-state index in [4.69, 9.17) is 11.6 Å². The Morgan fingerprint density at radius 2 is 2.08 bits per heavy atom. The van der Waals surface area contributed by atoms with E-state index in [0.717, 1.165) is 4.88 Å². The van der Waals surface area contributed by atoms with Gasteiger partial charge < -0.3 is 5.32 Å². The fraction of sp³-hybridized carbons (Fsp3) is 0.125. The minimum atomic E-state index is -0.311. The van der Waals surface area contributed by atoms with Crippen molar-refractivity contribution >= 4 is 63.0 Å². The molecule has 0 aliphatic carbocycles. The first-order valence-electron chi connectivity index (χ1n) is 7.42. The van der Waals surface area contributed by atoms with Crippen molar-refractivity contribution in [1.29, 1.82) is 0 Å². The lowest BCUT2D eigenvalue weighted by Crippen LogP contribution is -2.24. The van der Waals surface area contributed by atoms with E-state index < -0.39 is 0 Å². The van der Waals surface area contributed by atoms with Crippen LogP contribution >= 0.6 is 46.0 Å². The number of amides is 2. The van der Waals surface area contributed by atoms with E-state index in [1.807, 2.05) is 17.5 Å². The van der Waals surface area contributed by atoms with Crippen molar-refractivity contribution in [3.8, 4) is 0 Å². The van der Waals surface area contributed by atoms with Crippen molar-refractivity contribution < 1.29 is 9.59 Å². The van der Waals surface area contributed by atoms with E-state index in [2.05, 4.69) is 20.8 Å². The van der Waals surface area contributed by atoms with Crippen LogP contribution in [0.3, 0.4) is 0 Å². The van der Waals surface area contributed by atoms with Gasteiger partial charge in [-0.05, 0) is 29.6 Å². The molecule has 0 spiro atoms. The quantitative estimate of drug-likeness (QED) is 0.443. The number of hydrogen-bond donors (Lipinski definition) is 2. The predicted molar refractivity (Wildman–Crippen MR) is 106 cm³/mol. The molecule has 26 heavy (non-hydrogen) atoms. The molecule has 0 unspecified atom stereocenters. The summed E-state index contributed by atoms with van der Waals surface area (Å²) in [6, 6.07) is 10.6. The lowest BCUT2D eigenvalue weighted by molar-refractivity contribution is -0.118. The van der Waals surface area contributed by atoms with E-state index in [9.17, 15) is 9.59 Å². The standard InChI is InChI=1S/C16H13ClN4O2S3/c17-11-4-1-3-10(7-11)14(23)19-15-20-21-16(26-15)25-9-13(22)18-8-12-5-2-6-24-12/h1-7H,8-9H2,(H,18,22)(H,19,20,23). The maximum atomic E-state index is 12.1. The van der Waals surface area contributed by atoms with Gasteiger partial charge in [-0.15, -0.1) is 21.5 Å². The number of carbonyl (C=O) groups excluding carboxylic acids is 2. The van der Waals surface area contributed by atoms with Gasteiger partial charge in [-0.3, -0.25) is 14.9 Å². The van der Waals surface area contributed by atoms with Crippen molar-refractivity contribution in [3.05, 3.63) is 57.2 Å². The van der Waals surface area contributed by atoms with E-state index in [1.54, 1.807) is 35.6 Å². The lowest BCUT2D eigenvalue weighted by Gasteiger charge is -2.02. The van der Waals surface area contributed by atoms with Gasteiger partial charge in [0.2, 0.25) is 11.0 Å². The Bertz CT molecular complexity index is 899. The molecule has 0 bridgehead atoms. The zero-order chi connectivity index (χ0) is 18.4. The Balaban J connectivity index is 1.47. The molecular formula is C16H13ClN4O2S3. The Morgan fingerprint density at radius 1 is 1.19 bits per heavy atom. The van der Waals surface area contributed by atoms with Crippen LogP contribution in [0.15, 0.2) is 46.1 Å². The van der Waals surface area contributed by atoms with Crippen LogP contribution in [0, 0.1) is 0 Å². The summed E-state index contributed by atoms with van der Waals surface area (Å²) in [5, 5.41) is 16.2. The fourth-order valence-electron chi connectivity index (χ4n) is 1.89. The highest BCUT2D eigenvalue weighted by atomic mass is 35.5. The van der Waals surface area contributed by atoms with E-state index in [1.165, 1.54) is 23.1 Å². The zero-order valence-corrected chi connectivity index (χ0v) is 16.5. The summed E-state index contributed by atoms with van der Waals surface area (Å²) >= 11 is 9.97. The number of halogens is 1. The third kappa shape index (κ3) is 5.53. The second-order valence-electron chi connectivity index (χ2n) is 4.98. The van der Waals surface area contributed by atoms with Crippen LogP contribution in [-0.2, 0) is 11.3 Å². The van der Waals surface area contributed by atoms with Gasteiger partial charge in [-0.25, -0.2) is 0 Å². The molecule has 3 rings (SSSR count). The van der Waals surface area contributed by atoms with Gasteiger partial charge in [0.15, 0.2) is 4.34 Å². The second-order valence-corrected chi connectivity index (χ2v) is 8.65. The highest BCUT2D eigenvalue weighted by molar-refractivity contribution is 8.01. The molecule has 10 heteroatoms. The Morgan fingerprint density at radius 3 is 2.85 bits per heavy atom. The summed E-state index contributed by atoms with van der Waals surface area (Å²) in [6.07, 6.45) is 0. The molecule has 3 aromatic rings. The van der Waals surface area contributed by atoms with E-state index >= 15 is 0 Å². The first kappa shape index (κ1) is 18.8. The van der Waals surface area contributed by atoms with E-state index in [0.29, 0.717) is 26.6 Å². The second kappa shape index (κ2) is 9.13. The summed E-state index contributed by atoms with van der Waals surface area (Å²) < 4.78 is 0.609. The minimum absolute atomic E-state index is 0.0805. The average Bonchev–Trinajstić information content (AvgIpc) is 3.30. The maximum absolute atomic E-state index is 12.1. The fourth-order valence-corrected chi connectivity index (χ4v) is 4.31. The van der Waals surface area contributed by atoms with Crippen molar-refractivity contribution in [1.82, 2.24) is 15.5 Å². The average molecular weight is 425 g/mol. The molecule has 2 amide bonds. The molecule has 0 aliphatic heterocycles. The monoisotopic (exact) mass is 424 g/mol. The number of rotatable bonds is 7. The molecule has 0 atom stereocenters. The smallest absolute Gasteiger partial charge is 0.257 e. The summed E-state index contributed by atoms with van der Waals surface area (Å²) in [6.45, 7) is 0.522. The third-order valence-corrected chi connectivity index (χ3v) is 6.16. The molecule has 0 radical (unpaired) electrons. The van der Waals surface area contributed by atoms with Gasteiger partial charge >= 0.3 is 0 Å². The van der Waals surface area contributed by atoms with E-state index in [-0.39, 0.29) is 17.6 Å². The predicted octanol–water partition coefficient (Wildman–Crippen LogP) is 3.91. The van der Waals surface area contributed by atoms with Gasteiger partial charge in [0.05, 0.1) is 12.3 Å². The summed E-state index contributed by atoms with van der Waals surface area (Å²) in [5.74, 6) is -0.153. The first-order chi connectivity index (χ1) is 12.6. The van der Waals surface area contributed by atoms with Crippen molar-refractivity contribution in [2.24, 2.45) is 0 Å². The minimum Gasteiger partial charge on any atom is -0.350 e. The molecule has 134 valence electrons. The van der Waals surface area contributed by atoms with Crippen molar-refractivity contribution in [2.45, 2.75) is 10.9 Å². The summed E-state index contributed by atoms with van der Waals surface area (Å²) in [7, 11) is 0. The highest BCUT2D eigenvalue weighted by Gasteiger charge is 2.12. The molecule has 0 fully saturated rings. The van der Waals surface area contributed by atoms with Crippen LogP contribution in [-0.4, -0.2) is 27.8 Å². The Labute approximate surface area is 167 Å². The maximum Gasteiger partial charge on any atom is 0.257 e. The van der Waals surface area contributed by atoms with Gasteiger partial charge in [0, 0.05) is 15.5 Å². The molecule has 6 nitrogen and oxygen atoms in total. The highest BCUT2D eigenvalue weighted by Crippen LogP contribution is 2.25. The van der Waals surface area contributed by atoms with Gasteiger partial charge in [0.25, 0.3) is 5.91 Å². The molecule has 0 saturated heterocycles. The van der Waals surface area contributed by atoms with Crippen LogP contribution in [0.2, 0.25) is 5.02 Å². The van der Waals surface area contributed by atoms with Gasteiger partial charge in [-0.2, -0.15) is 0 Å². The van der Waals surface area contributed by atoms with Crippen LogP contribution in [0.5, 0.6) is 0 Å². The summed E-state index contributed by atoms with van der Waals surface area (Å²) in [5.41, 5.74) is 0.440. The van der Waals surface area contributed by atoms with Gasteiger partial charge in [-0.1, -0.05) is 46.8 Å². The van der Waals surface area contributed by atoms with Gasteiger partial charge in [0.1, 0.15) is 0 Å². The number of thioether (sulfide) groups is 1. The normalized spacial score (nSPS) is 10.5. The molecule has 1 aromatic carbocycles. The molecule has 2 aromatic heterocycles. The van der Waals surface area contributed by atoms with Crippen molar-refractivity contribution in [2.75, 3.05) is 11.1 Å². The Kier molecular flexibility index (Phi) is 6.62. The van der Waals surface area contributed by atoms with Crippen LogP contribution < -0.4 is 10.6 Å². The van der Waals surface area contributed by atoms with Crippen molar-refractivity contribution in [3.63, 3.8) is 0 Å². The SMILES string of the molecule is O=C(CSc1nnc(NC(=O)c2cccc(Cl)c2)s1)NCc1cccs1. The molecule has 0 saturated carbocycles. The van der Waals surface area contributed by atoms with Crippen LogP contribution in [0.25, 0.3) is 0 Å². The number of benzene rings is 1.